The van der Waals surface area contributed by atoms with Crippen LogP contribution in [0, 0.1) is 12.7 Å². The van der Waals surface area contributed by atoms with Gasteiger partial charge in [-0.25, -0.2) is 4.39 Å². The minimum absolute atomic E-state index is 0.110. The van der Waals surface area contributed by atoms with Gasteiger partial charge < -0.3 is 5.73 Å². The average molecular weight is 342 g/mol. The summed E-state index contributed by atoms with van der Waals surface area (Å²) >= 11 is 3.28. The standard InChI is InChI=1S/C14H13BrFNOS/c1-9-2-5-13(17)14(6-9)19(18)8-10-7-11(15)3-4-12(10)16/h2-7H,8,17H2,1H3. The number of hydrogen-bond acceptors (Lipinski definition) is 2. The van der Waals surface area contributed by atoms with Gasteiger partial charge in [-0.3, -0.25) is 4.21 Å². The van der Waals surface area contributed by atoms with E-state index in [9.17, 15) is 8.60 Å². The Morgan fingerprint density at radius 2 is 2.00 bits per heavy atom. The molecule has 2 aromatic rings. The molecule has 2 N–H and O–H groups in total. The molecule has 0 amide bonds. The third-order valence-corrected chi connectivity index (χ3v) is 4.62. The summed E-state index contributed by atoms with van der Waals surface area (Å²) in [7, 11) is -1.36. The minimum Gasteiger partial charge on any atom is -0.398 e. The van der Waals surface area contributed by atoms with Gasteiger partial charge >= 0.3 is 0 Å². The first-order valence-electron chi connectivity index (χ1n) is 5.66. The Balaban J connectivity index is 2.30. The van der Waals surface area contributed by atoms with Crippen LogP contribution < -0.4 is 5.73 Å². The molecule has 5 heteroatoms. The van der Waals surface area contributed by atoms with Gasteiger partial charge in [0.1, 0.15) is 5.82 Å². The molecule has 0 spiro atoms. The van der Waals surface area contributed by atoms with Gasteiger partial charge in [0.25, 0.3) is 0 Å². The molecule has 0 aliphatic rings. The third kappa shape index (κ3) is 3.42. The number of rotatable bonds is 3. The van der Waals surface area contributed by atoms with Crippen LogP contribution in [0.25, 0.3) is 0 Å². The maximum absolute atomic E-state index is 13.6. The first kappa shape index (κ1) is 14.2. The Morgan fingerprint density at radius 3 is 2.74 bits per heavy atom. The highest BCUT2D eigenvalue weighted by Crippen LogP contribution is 2.23. The number of anilines is 1. The van der Waals surface area contributed by atoms with Crippen LogP contribution in [0.1, 0.15) is 11.1 Å². The maximum atomic E-state index is 13.6. The van der Waals surface area contributed by atoms with Gasteiger partial charge in [-0.15, -0.1) is 0 Å². The van der Waals surface area contributed by atoms with Crippen molar-refractivity contribution >= 4 is 32.4 Å². The molecular weight excluding hydrogens is 329 g/mol. The van der Waals surface area contributed by atoms with Crippen molar-refractivity contribution in [2.45, 2.75) is 17.6 Å². The molecule has 19 heavy (non-hydrogen) atoms. The lowest BCUT2D eigenvalue weighted by atomic mass is 10.2. The van der Waals surface area contributed by atoms with E-state index in [1.807, 2.05) is 13.0 Å². The van der Waals surface area contributed by atoms with Gasteiger partial charge in [-0.2, -0.15) is 0 Å². The Labute approximate surface area is 122 Å². The molecular formula is C14H13BrFNOS. The van der Waals surface area contributed by atoms with Crippen molar-refractivity contribution in [3.63, 3.8) is 0 Å². The summed E-state index contributed by atoms with van der Waals surface area (Å²) in [4.78, 5) is 0.555. The normalized spacial score (nSPS) is 12.4. The lowest BCUT2D eigenvalue weighted by Crippen LogP contribution is -2.03. The molecule has 100 valence electrons. The fourth-order valence-corrected chi connectivity index (χ4v) is 3.43. The molecule has 0 aliphatic carbocycles. The summed E-state index contributed by atoms with van der Waals surface area (Å²) in [6, 6.07) is 9.97. The topological polar surface area (TPSA) is 43.1 Å². The van der Waals surface area contributed by atoms with E-state index in [0.717, 1.165) is 10.0 Å². The molecule has 0 aliphatic heterocycles. The SMILES string of the molecule is Cc1ccc(N)c(S(=O)Cc2cc(Br)ccc2F)c1. The van der Waals surface area contributed by atoms with Crippen molar-refractivity contribution < 1.29 is 8.60 Å². The zero-order valence-electron chi connectivity index (χ0n) is 10.3. The molecule has 1 unspecified atom stereocenters. The predicted molar refractivity (Wildman–Crippen MR) is 79.8 cm³/mol. The number of nitrogen functional groups attached to an aromatic ring is 1. The Kier molecular flexibility index (Phi) is 4.37. The van der Waals surface area contributed by atoms with E-state index in [1.54, 1.807) is 24.3 Å². The predicted octanol–water partition coefficient (Wildman–Crippen LogP) is 3.79. The lowest BCUT2D eigenvalue weighted by Gasteiger charge is -2.08. The van der Waals surface area contributed by atoms with Crippen molar-refractivity contribution in [2.75, 3.05) is 5.73 Å². The highest BCUT2D eigenvalue weighted by atomic mass is 79.9. The monoisotopic (exact) mass is 341 g/mol. The molecule has 2 aromatic carbocycles. The van der Waals surface area contributed by atoms with Crippen molar-refractivity contribution in [2.24, 2.45) is 0 Å². The quantitative estimate of drug-likeness (QED) is 0.863. The van der Waals surface area contributed by atoms with Crippen LogP contribution in [0.15, 0.2) is 45.8 Å². The second kappa shape index (κ2) is 5.84. The fraction of sp³-hybridized carbons (Fsp3) is 0.143. The van der Waals surface area contributed by atoms with Crippen molar-refractivity contribution in [3.8, 4) is 0 Å². The van der Waals surface area contributed by atoms with E-state index in [4.69, 9.17) is 5.73 Å². The van der Waals surface area contributed by atoms with Gasteiger partial charge in [0.15, 0.2) is 0 Å². The van der Waals surface area contributed by atoms with Gasteiger partial charge in [0.2, 0.25) is 0 Å². The molecule has 0 saturated heterocycles. The third-order valence-electron chi connectivity index (χ3n) is 2.71. The highest BCUT2D eigenvalue weighted by Gasteiger charge is 2.12. The van der Waals surface area contributed by atoms with Crippen LogP contribution in [0.2, 0.25) is 0 Å². The Hall–Kier alpha value is -1.20. The van der Waals surface area contributed by atoms with Gasteiger partial charge in [0.05, 0.1) is 21.4 Å². The number of nitrogens with two attached hydrogens (primary N) is 1. The van der Waals surface area contributed by atoms with Crippen molar-refractivity contribution in [1.29, 1.82) is 0 Å². The van der Waals surface area contributed by atoms with Crippen molar-refractivity contribution in [1.82, 2.24) is 0 Å². The van der Waals surface area contributed by atoms with Crippen LogP contribution in [0.5, 0.6) is 0 Å². The molecule has 0 aromatic heterocycles. The van der Waals surface area contributed by atoms with Gasteiger partial charge in [-0.05, 0) is 42.8 Å². The number of halogens is 2. The van der Waals surface area contributed by atoms with Crippen LogP contribution in [-0.2, 0) is 16.6 Å². The first-order valence-corrected chi connectivity index (χ1v) is 7.77. The number of benzene rings is 2. The fourth-order valence-electron chi connectivity index (χ4n) is 1.71. The second-order valence-electron chi connectivity index (χ2n) is 4.27. The van der Waals surface area contributed by atoms with E-state index in [-0.39, 0.29) is 11.6 Å². The molecule has 0 bridgehead atoms. The zero-order valence-corrected chi connectivity index (χ0v) is 12.7. The van der Waals surface area contributed by atoms with E-state index in [1.165, 1.54) is 6.07 Å². The molecule has 2 nitrogen and oxygen atoms in total. The van der Waals surface area contributed by atoms with Gasteiger partial charge in [-0.1, -0.05) is 22.0 Å². The summed E-state index contributed by atoms with van der Waals surface area (Å²) < 4.78 is 26.7. The molecule has 0 radical (unpaired) electrons. The van der Waals surface area contributed by atoms with E-state index >= 15 is 0 Å². The second-order valence-corrected chi connectivity index (χ2v) is 6.60. The van der Waals surface area contributed by atoms with Crippen LogP contribution in [-0.4, -0.2) is 4.21 Å². The van der Waals surface area contributed by atoms with Crippen LogP contribution in [0.3, 0.4) is 0 Å². The summed E-state index contributed by atoms with van der Waals surface area (Å²) in [6.07, 6.45) is 0. The average Bonchev–Trinajstić information content (AvgIpc) is 2.36. The molecule has 1 atom stereocenters. The highest BCUT2D eigenvalue weighted by molar-refractivity contribution is 9.10. The van der Waals surface area contributed by atoms with Crippen molar-refractivity contribution in [3.05, 3.63) is 57.8 Å². The summed E-state index contributed by atoms with van der Waals surface area (Å²) in [5.74, 6) is -0.248. The zero-order chi connectivity index (χ0) is 14.0. The molecule has 2 rings (SSSR count). The Bertz CT molecular complexity index is 645. The molecule has 0 heterocycles. The summed E-state index contributed by atoms with van der Waals surface area (Å²) in [6.45, 7) is 1.90. The summed E-state index contributed by atoms with van der Waals surface area (Å²) in [5, 5.41) is 0. The molecule has 0 saturated carbocycles. The smallest absolute Gasteiger partial charge is 0.127 e. The number of aryl methyl sites for hydroxylation is 1. The van der Waals surface area contributed by atoms with E-state index in [0.29, 0.717) is 16.1 Å². The van der Waals surface area contributed by atoms with Crippen LogP contribution in [0.4, 0.5) is 10.1 Å². The molecule has 0 fully saturated rings. The van der Waals surface area contributed by atoms with Gasteiger partial charge in [0, 0.05) is 15.7 Å². The van der Waals surface area contributed by atoms with Crippen LogP contribution >= 0.6 is 15.9 Å². The largest absolute Gasteiger partial charge is 0.398 e. The maximum Gasteiger partial charge on any atom is 0.127 e. The lowest BCUT2D eigenvalue weighted by molar-refractivity contribution is 0.615. The number of hydrogen-bond donors (Lipinski definition) is 1. The Morgan fingerprint density at radius 1 is 1.26 bits per heavy atom. The van der Waals surface area contributed by atoms with E-state index in [2.05, 4.69) is 15.9 Å². The minimum atomic E-state index is -1.36. The van der Waals surface area contributed by atoms with E-state index < -0.39 is 10.8 Å². The first-order chi connectivity index (χ1) is 8.97. The summed E-state index contributed by atoms with van der Waals surface area (Å²) in [5.41, 5.74) is 7.68.